The lowest BCUT2D eigenvalue weighted by Crippen LogP contribution is -2.45. The van der Waals surface area contributed by atoms with Gasteiger partial charge in [0.15, 0.2) is 0 Å². The van der Waals surface area contributed by atoms with Crippen LogP contribution in [0.5, 0.6) is 0 Å². The van der Waals surface area contributed by atoms with E-state index in [1.807, 2.05) is 26.0 Å². The van der Waals surface area contributed by atoms with Crippen molar-refractivity contribution in [2.75, 3.05) is 13.1 Å². The lowest BCUT2D eigenvalue weighted by atomic mass is 9.99. The Morgan fingerprint density at radius 2 is 2.13 bits per heavy atom. The monoisotopic (exact) mass is 442 g/mol. The first-order valence-corrected chi connectivity index (χ1v) is 11.8. The molecule has 1 N–H and O–H groups in total. The molecule has 4 rings (SSSR count). The molecule has 1 atom stereocenters. The number of rotatable bonds is 6. The molecule has 2 aromatic heterocycles. The molecule has 1 unspecified atom stereocenters. The Morgan fingerprint density at radius 1 is 1.29 bits per heavy atom. The van der Waals surface area contributed by atoms with Crippen molar-refractivity contribution in [2.24, 2.45) is 5.92 Å². The highest BCUT2D eigenvalue weighted by Crippen LogP contribution is 2.26. The second-order valence-electron chi connectivity index (χ2n) is 8.06. The van der Waals surface area contributed by atoms with Crippen LogP contribution in [0, 0.1) is 5.92 Å². The van der Waals surface area contributed by atoms with Gasteiger partial charge in [0.05, 0.1) is 16.3 Å². The lowest BCUT2D eigenvalue weighted by molar-refractivity contribution is -0.126. The maximum absolute atomic E-state index is 13.3. The van der Waals surface area contributed by atoms with Gasteiger partial charge in [0, 0.05) is 38.1 Å². The van der Waals surface area contributed by atoms with Crippen LogP contribution >= 0.6 is 0 Å². The molecule has 1 aliphatic rings. The van der Waals surface area contributed by atoms with Crippen molar-refractivity contribution in [1.29, 1.82) is 0 Å². The van der Waals surface area contributed by atoms with E-state index in [4.69, 9.17) is 0 Å². The van der Waals surface area contributed by atoms with Gasteiger partial charge in [0.1, 0.15) is 5.52 Å². The number of amides is 1. The van der Waals surface area contributed by atoms with Gasteiger partial charge in [-0.2, -0.15) is 4.31 Å². The van der Waals surface area contributed by atoms with Gasteiger partial charge in [0.2, 0.25) is 15.9 Å². The maximum atomic E-state index is 13.3. The number of nitrogens with one attached hydrogen (secondary N) is 1. The van der Waals surface area contributed by atoms with Crippen molar-refractivity contribution in [3.05, 3.63) is 48.3 Å². The third-order valence-corrected chi connectivity index (χ3v) is 7.38. The van der Waals surface area contributed by atoms with Gasteiger partial charge in [0.25, 0.3) is 0 Å². The number of hydrogen-bond acceptors (Lipinski definition) is 6. The second kappa shape index (κ2) is 8.72. The van der Waals surface area contributed by atoms with E-state index >= 15 is 0 Å². The van der Waals surface area contributed by atoms with Gasteiger partial charge in [-0.15, -0.1) is 5.10 Å². The molecular formula is C21H26N6O3S. The average molecular weight is 443 g/mol. The van der Waals surface area contributed by atoms with Crippen LogP contribution in [0.1, 0.15) is 38.3 Å². The molecule has 0 bridgehead atoms. The number of nitrogens with zero attached hydrogens (tertiary/aromatic N) is 5. The quantitative estimate of drug-likeness (QED) is 0.626. The number of aromatic nitrogens is 4. The fourth-order valence-corrected chi connectivity index (χ4v) is 5.37. The molecule has 0 aliphatic carbocycles. The highest BCUT2D eigenvalue weighted by Gasteiger charge is 2.33. The van der Waals surface area contributed by atoms with Crippen molar-refractivity contribution in [1.82, 2.24) is 29.6 Å². The molecule has 1 amide bonds. The largest absolute Gasteiger partial charge is 0.352 e. The molecular weight excluding hydrogens is 416 g/mol. The fraction of sp³-hybridized carbons (Fsp3) is 0.429. The van der Waals surface area contributed by atoms with Crippen LogP contribution in [0.25, 0.3) is 11.0 Å². The summed E-state index contributed by atoms with van der Waals surface area (Å²) in [6.45, 7) is 4.92. The normalized spacial score (nSPS) is 17.8. The predicted molar refractivity (Wildman–Crippen MR) is 115 cm³/mol. The van der Waals surface area contributed by atoms with Gasteiger partial charge in [-0.3, -0.25) is 9.78 Å². The molecule has 0 saturated carbocycles. The van der Waals surface area contributed by atoms with E-state index in [9.17, 15) is 13.2 Å². The number of pyridine rings is 1. The van der Waals surface area contributed by atoms with Crippen LogP contribution in [0.15, 0.2) is 47.6 Å². The number of piperidine rings is 1. The smallest absolute Gasteiger partial charge is 0.243 e. The SMILES string of the molecule is CC(C)n1nnc2cc(S(=O)(=O)N3CCCC(C(=O)NCc4cccnc4)C3)ccc21. The number of fused-ring (bicyclic) bond motifs is 1. The summed E-state index contributed by atoms with van der Waals surface area (Å²) in [6, 6.07) is 8.71. The van der Waals surface area contributed by atoms with Crippen LogP contribution in [-0.4, -0.2) is 51.7 Å². The summed E-state index contributed by atoms with van der Waals surface area (Å²) in [5.41, 5.74) is 2.23. The van der Waals surface area contributed by atoms with Crippen LogP contribution in [0.4, 0.5) is 0 Å². The molecule has 1 saturated heterocycles. The molecule has 3 aromatic rings. The predicted octanol–water partition coefficient (Wildman–Crippen LogP) is 2.12. The molecule has 31 heavy (non-hydrogen) atoms. The number of carbonyl (C=O) groups is 1. The molecule has 164 valence electrons. The number of benzene rings is 1. The first-order chi connectivity index (χ1) is 14.9. The van der Waals surface area contributed by atoms with Gasteiger partial charge < -0.3 is 5.32 Å². The highest BCUT2D eigenvalue weighted by atomic mass is 32.2. The third-order valence-electron chi connectivity index (χ3n) is 5.51. The van der Waals surface area contributed by atoms with E-state index in [2.05, 4.69) is 20.6 Å². The van der Waals surface area contributed by atoms with E-state index in [1.165, 1.54) is 4.31 Å². The van der Waals surface area contributed by atoms with E-state index in [0.29, 0.717) is 31.4 Å². The standard InChI is InChI=1S/C21H26N6O3S/c1-15(2)27-20-8-7-18(11-19(20)24-25-27)31(29,30)26-10-4-6-17(14-26)21(28)23-13-16-5-3-9-22-12-16/h3,5,7-9,11-12,15,17H,4,6,10,13-14H2,1-2H3,(H,23,28). The van der Waals surface area contributed by atoms with Crippen molar-refractivity contribution in [3.8, 4) is 0 Å². The summed E-state index contributed by atoms with van der Waals surface area (Å²) >= 11 is 0. The van der Waals surface area contributed by atoms with Crippen molar-refractivity contribution < 1.29 is 13.2 Å². The summed E-state index contributed by atoms with van der Waals surface area (Å²) in [5, 5.41) is 11.1. The van der Waals surface area contributed by atoms with E-state index in [-0.39, 0.29) is 29.3 Å². The van der Waals surface area contributed by atoms with Crippen molar-refractivity contribution >= 4 is 27.0 Å². The molecule has 1 aromatic carbocycles. The third kappa shape index (κ3) is 4.45. The van der Waals surface area contributed by atoms with Gasteiger partial charge in [-0.1, -0.05) is 11.3 Å². The lowest BCUT2D eigenvalue weighted by Gasteiger charge is -2.31. The first kappa shape index (κ1) is 21.4. The molecule has 1 aliphatic heterocycles. The van der Waals surface area contributed by atoms with Crippen LogP contribution < -0.4 is 5.32 Å². The van der Waals surface area contributed by atoms with Gasteiger partial charge in [-0.05, 0) is 56.5 Å². The van der Waals surface area contributed by atoms with Gasteiger partial charge in [-0.25, -0.2) is 13.1 Å². The van der Waals surface area contributed by atoms with Gasteiger partial charge >= 0.3 is 0 Å². The minimum absolute atomic E-state index is 0.125. The summed E-state index contributed by atoms with van der Waals surface area (Å²) in [6.07, 6.45) is 4.67. The first-order valence-electron chi connectivity index (χ1n) is 10.4. The molecule has 1 fully saturated rings. The van der Waals surface area contributed by atoms with E-state index in [1.54, 1.807) is 35.3 Å². The Balaban J connectivity index is 1.48. The highest BCUT2D eigenvalue weighted by molar-refractivity contribution is 7.89. The Bertz CT molecular complexity index is 1180. The Morgan fingerprint density at radius 3 is 2.87 bits per heavy atom. The molecule has 0 spiro atoms. The topological polar surface area (TPSA) is 110 Å². The van der Waals surface area contributed by atoms with E-state index in [0.717, 1.165) is 11.1 Å². The maximum Gasteiger partial charge on any atom is 0.243 e. The summed E-state index contributed by atoms with van der Waals surface area (Å²) in [7, 11) is -3.73. The fourth-order valence-electron chi connectivity index (χ4n) is 3.82. The summed E-state index contributed by atoms with van der Waals surface area (Å²) in [5.74, 6) is -0.523. The molecule has 9 nitrogen and oxygen atoms in total. The van der Waals surface area contributed by atoms with Crippen molar-refractivity contribution in [2.45, 2.75) is 44.2 Å². The number of carbonyl (C=O) groups excluding carboxylic acids is 1. The second-order valence-corrected chi connectivity index (χ2v) is 10.00. The molecule has 10 heteroatoms. The average Bonchev–Trinajstić information content (AvgIpc) is 3.22. The molecule has 3 heterocycles. The zero-order valence-corrected chi connectivity index (χ0v) is 18.4. The summed E-state index contributed by atoms with van der Waals surface area (Å²) in [4.78, 5) is 16.9. The number of sulfonamides is 1. The van der Waals surface area contributed by atoms with Crippen molar-refractivity contribution in [3.63, 3.8) is 0 Å². The molecule has 0 radical (unpaired) electrons. The van der Waals surface area contributed by atoms with Crippen LogP contribution in [-0.2, 0) is 21.4 Å². The minimum atomic E-state index is -3.73. The Labute approximate surface area is 181 Å². The van der Waals surface area contributed by atoms with Crippen LogP contribution in [0.3, 0.4) is 0 Å². The summed E-state index contributed by atoms with van der Waals surface area (Å²) < 4.78 is 29.7. The minimum Gasteiger partial charge on any atom is -0.352 e. The van der Waals surface area contributed by atoms with E-state index < -0.39 is 10.0 Å². The zero-order valence-electron chi connectivity index (χ0n) is 17.6. The van der Waals surface area contributed by atoms with Crippen LogP contribution in [0.2, 0.25) is 0 Å². The zero-order chi connectivity index (χ0) is 22.0. The Hall–Kier alpha value is -2.85. The Kier molecular flexibility index (Phi) is 6.01. The number of hydrogen-bond donors (Lipinski definition) is 1.